The minimum Gasteiger partial charge on any atom is -0.345 e. The molecule has 0 aliphatic heterocycles. The second-order valence-corrected chi connectivity index (χ2v) is 9.31. The van der Waals surface area contributed by atoms with Crippen molar-refractivity contribution in [2.75, 3.05) is 19.4 Å². The third-order valence-corrected chi connectivity index (χ3v) is 6.18. The molecule has 0 bridgehead atoms. The lowest BCUT2D eigenvalue weighted by atomic mass is 10.2. The van der Waals surface area contributed by atoms with E-state index in [1.165, 1.54) is 52.3 Å². The second kappa shape index (κ2) is 12.3. The molecule has 0 unspecified atom stereocenters. The highest BCUT2D eigenvalue weighted by molar-refractivity contribution is 5.96. The highest BCUT2D eigenvalue weighted by Gasteiger charge is 2.14. The van der Waals surface area contributed by atoms with Crippen molar-refractivity contribution >= 4 is 28.4 Å². The highest BCUT2D eigenvalue weighted by Crippen LogP contribution is 2.23. The number of anilines is 1. The Hall–Kier alpha value is -4.53. The average Bonchev–Trinajstić information content (AvgIpc) is 3.22. The number of allylic oxidation sites excluding steroid dienone is 1. The van der Waals surface area contributed by atoms with Crippen LogP contribution in [0.4, 0.5) is 14.5 Å². The molecule has 9 heteroatoms. The number of halogens is 2. The Bertz CT molecular complexity index is 1570. The smallest absolute Gasteiger partial charge is 0.274 e. The van der Waals surface area contributed by atoms with E-state index in [9.17, 15) is 23.2 Å². The van der Waals surface area contributed by atoms with Crippen molar-refractivity contribution in [2.24, 2.45) is 0 Å². The van der Waals surface area contributed by atoms with Gasteiger partial charge in [0, 0.05) is 43.4 Å². The van der Waals surface area contributed by atoms with E-state index in [2.05, 4.69) is 5.32 Å². The van der Waals surface area contributed by atoms with Gasteiger partial charge in [0.2, 0.25) is 11.8 Å². The number of nitrogens with one attached hydrogen (secondary N) is 1. The first-order valence-corrected chi connectivity index (χ1v) is 12.4. The lowest BCUT2D eigenvalue weighted by Gasteiger charge is -2.14. The zero-order chi connectivity index (χ0) is 27.9. The third kappa shape index (κ3) is 7.07. The minimum atomic E-state index is -0.418. The topological polar surface area (TPSA) is 76.3 Å². The van der Waals surface area contributed by atoms with Crippen LogP contribution in [0.3, 0.4) is 0 Å². The van der Waals surface area contributed by atoms with Crippen LogP contribution < -0.4 is 10.9 Å². The molecule has 1 radical (unpaired) electrons. The SMILES string of the molecule is CN(C)C(=O)/C=C/CC[CH]C(=O)Nc1cccn(Cc2cc3cc(F)ccc3n2Cc2ccc(F)cc2)c1=O. The fraction of sp³-hybridized carbons (Fsp3) is 0.200. The van der Waals surface area contributed by atoms with Crippen molar-refractivity contribution in [1.29, 1.82) is 0 Å². The van der Waals surface area contributed by atoms with Gasteiger partial charge in [-0.3, -0.25) is 14.4 Å². The summed E-state index contributed by atoms with van der Waals surface area (Å²) in [5.74, 6) is -1.26. The maximum atomic E-state index is 13.9. The Balaban J connectivity index is 1.50. The maximum absolute atomic E-state index is 13.9. The maximum Gasteiger partial charge on any atom is 0.274 e. The zero-order valence-corrected chi connectivity index (χ0v) is 21.7. The number of pyridine rings is 1. The van der Waals surface area contributed by atoms with Gasteiger partial charge in [-0.15, -0.1) is 0 Å². The van der Waals surface area contributed by atoms with Crippen molar-refractivity contribution in [1.82, 2.24) is 14.0 Å². The quantitative estimate of drug-likeness (QED) is 0.237. The van der Waals surface area contributed by atoms with Gasteiger partial charge in [0.25, 0.3) is 5.56 Å². The Labute approximate surface area is 225 Å². The van der Waals surface area contributed by atoms with Gasteiger partial charge in [-0.1, -0.05) is 18.2 Å². The van der Waals surface area contributed by atoms with Crippen LogP contribution in [0.15, 0.2) is 83.8 Å². The minimum absolute atomic E-state index is 0.129. The first kappa shape index (κ1) is 27.5. The first-order valence-electron chi connectivity index (χ1n) is 12.4. The van der Waals surface area contributed by atoms with E-state index in [0.717, 1.165) is 16.8 Å². The summed E-state index contributed by atoms with van der Waals surface area (Å²) in [6, 6.07) is 15.6. The average molecular weight is 532 g/mol. The van der Waals surface area contributed by atoms with Crippen molar-refractivity contribution in [3.05, 3.63) is 119 Å². The van der Waals surface area contributed by atoms with E-state index in [-0.39, 0.29) is 35.3 Å². The predicted molar refractivity (Wildman–Crippen MR) is 147 cm³/mol. The van der Waals surface area contributed by atoms with Crippen molar-refractivity contribution in [3.8, 4) is 0 Å². The summed E-state index contributed by atoms with van der Waals surface area (Å²) in [5.41, 5.74) is 2.12. The second-order valence-electron chi connectivity index (χ2n) is 9.31. The largest absolute Gasteiger partial charge is 0.345 e. The standard InChI is InChI=1S/C30H29F2N4O3/c1-34(2)29(38)9-5-3-4-8-28(37)33-26-7-6-16-35(30(26)39)20-25-18-22-17-24(32)14-15-27(22)36(25)19-21-10-12-23(31)13-11-21/h5-18H,3-4,19-20H2,1-2H3,(H,33,37)/b9-5+. The number of unbranched alkanes of at least 4 members (excludes halogenated alkanes) is 1. The van der Waals surface area contributed by atoms with Crippen LogP contribution in [0.2, 0.25) is 0 Å². The molecule has 0 aliphatic rings. The molecule has 2 amide bonds. The van der Waals surface area contributed by atoms with Crippen LogP contribution >= 0.6 is 0 Å². The van der Waals surface area contributed by atoms with Crippen molar-refractivity contribution < 1.29 is 18.4 Å². The van der Waals surface area contributed by atoms with Gasteiger partial charge in [-0.2, -0.15) is 0 Å². The molecule has 4 aromatic rings. The summed E-state index contributed by atoms with van der Waals surface area (Å²) in [6.45, 7) is 0.577. The Morgan fingerprint density at radius 1 is 0.949 bits per heavy atom. The molecule has 39 heavy (non-hydrogen) atoms. The molecule has 2 heterocycles. The molecule has 0 atom stereocenters. The first-order chi connectivity index (χ1) is 18.7. The third-order valence-electron chi connectivity index (χ3n) is 6.18. The number of hydrogen-bond acceptors (Lipinski definition) is 3. The molecule has 0 spiro atoms. The van der Waals surface area contributed by atoms with E-state index in [0.29, 0.717) is 24.8 Å². The number of carbonyl (C=O) groups excluding carboxylic acids is 2. The van der Waals surface area contributed by atoms with E-state index in [1.807, 2.05) is 10.6 Å². The molecular weight excluding hydrogens is 502 g/mol. The van der Waals surface area contributed by atoms with Crippen LogP contribution in [-0.4, -0.2) is 39.9 Å². The molecular formula is C30H29F2N4O3. The Morgan fingerprint density at radius 3 is 2.44 bits per heavy atom. The lowest BCUT2D eigenvalue weighted by Crippen LogP contribution is -2.26. The number of benzene rings is 2. The number of aromatic nitrogens is 2. The molecule has 0 saturated carbocycles. The summed E-state index contributed by atoms with van der Waals surface area (Å²) in [6.07, 6.45) is 7.10. The summed E-state index contributed by atoms with van der Waals surface area (Å²) >= 11 is 0. The van der Waals surface area contributed by atoms with Crippen molar-refractivity contribution in [3.63, 3.8) is 0 Å². The highest BCUT2D eigenvalue weighted by atomic mass is 19.1. The van der Waals surface area contributed by atoms with Gasteiger partial charge in [0.05, 0.1) is 13.0 Å². The number of likely N-dealkylation sites (N-methyl/N-ethyl adjacent to an activating group) is 1. The summed E-state index contributed by atoms with van der Waals surface area (Å²) in [4.78, 5) is 38.6. The van der Waals surface area contributed by atoms with Crippen molar-refractivity contribution in [2.45, 2.75) is 25.9 Å². The summed E-state index contributed by atoms with van der Waals surface area (Å²) in [7, 11) is 3.31. The van der Waals surface area contributed by atoms with Crippen LogP contribution in [0.25, 0.3) is 10.9 Å². The summed E-state index contributed by atoms with van der Waals surface area (Å²) < 4.78 is 30.8. The molecule has 201 valence electrons. The molecule has 0 fully saturated rings. The predicted octanol–water partition coefficient (Wildman–Crippen LogP) is 4.75. The van der Waals surface area contributed by atoms with Gasteiger partial charge < -0.3 is 19.4 Å². The van der Waals surface area contributed by atoms with E-state index >= 15 is 0 Å². The number of nitrogens with zero attached hydrogens (tertiary/aromatic N) is 3. The van der Waals surface area contributed by atoms with E-state index in [4.69, 9.17) is 0 Å². The van der Waals surface area contributed by atoms with Gasteiger partial charge in [0.1, 0.15) is 17.3 Å². The molecule has 4 rings (SSSR count). The number of rotatable bonds is 10. The van der Waals surface area contributed by atoms with E-state index in [1.54, 1.807) is 50.6 Å². The van der Waals surface area contributed by atoms with Gasteiger partial charge in [0.15, 0.2) is 0 Å². The lowest BCUT2D eigenvalue weighted by molar-refractivity contribution is -0.123. The number of fused-ring (bicyclic) bond motifs is 1. The van der Waals surface area contributed by atoms with Crippen LogP contribution in [0.1, 0.15) is 24.1 Å². The Kier molecular flexibility index (Phi) is 8.70. The van der Waals surface area contributed by atoms with Gasteiger partial charge in [-0.05, 0) is 73.0 Å². The monoisotopic (exact) mass is 531 g/mol. The number of amides is 2. The zero-order valence-electron chi connectivity index (χ0n) is 21.7. The van der Waals surface area contributed by atoms with Crippen LogP contribution in [0.5, 0.6) is 0 Å². The molecule has 2 aromatic carbocycles. The number of carbonyl (C=O) groups is 2. The Morgan fingerprint density at radius 2 is 1.69 bits per heavy atom. The molecule has 2 aromatic heterocycles. The molecule has 7 nitrogen and oxygen atoms in total. The number of hydrogen-bond donors (Lipinski definition) is 1. The molecule has 0 saturated heterocycles. The fourth-order valence-electron chi connectivity index (χ4n) is 4.15. The molecule has 1 N–H and O–H groups in total. The molecule has 0 aliphatic carbocycles. The van der Waals surface area contributed by atoms with E-state index < -0.39 is 5.91 Å². The van der Waals surface area contributed by atoms with Gasteiger partial charge in [-0.25, -0.2) is 8.78 Å². The van der Waals surface area contributed by atoms with Gasteiger partial charge >= 0.3 is 0 Å². The normalized spacial score (nSPS) is 11.3. The fourth-order valence-corrected chi connectivity index (χ4v) is 4.15. The summed E-state index contributed by atoms with van der Waals surface area (Å²) in [5, 5.41) is 3.31. The van der Waals surface area contributed by atoms with Crippen LogP contribution in [0, 0.1) is 18.1 Å². The van der Waals surface area contributed by atoms with Crippen LogP contribution in [-0.2, 0) is 22.7 Å².